The number of methoxy groups -OCH3 is 1. The van der Waals surface area contributed by atoms with Gasteiger partial charge in [-0.1, -0.05) is 23.2 Å². The van der Waals surface area contributed by atoms with Crippen molar-refractivity contribution in [3.8, 4) is 27.6 Å². The third kappa shape index (κ3) is 4.09. The number of thiazole rings is 2. The van der Waals surface area contributed by atoms with Crippen LogP contribution in [0.1, 0.15) is 0 Å². The standard InChI is InChI=1S/C22H13Cl2N3O2S2/c1-28-15-4-2-12(3-5-15)18-11-31-21(26-18)16-9-13-8-14(23)10-17(24)19(13)29-20(16)27-22-25-6-7-30-22/h2-11H,1H3/b27-20-. The Morgan fingerprint density at radius 1 is 1.06 bits per heavy atom. The van der Waals surface area contributed by atoms with Crippen molar-refractivity contribution in [3.63, 3.8) is 0 Å². The van der Waals surface area contributed by atoms with Crippen LogP contribution < -0.4 is 10.3 Å². The fourth-order valence-corrected chi connectivity index (χ4v) is 4.93. The lowest BCUT2D eigenvalue weighted by Gasteiger charge is -2.05. The van der Waals surface area contributed by atoms with Gasteiger partial charge >= 0.3 is 0 Å². The number of halogens is 2. The zero-order chi connectivity index (χ0) is 21.4. The number of hydrogen-bond acceptors (Lipinski definition) is 7. The molecule has 3 aromatic heterocycles. The van der Waals surface area contributed by atoms with Crippen molar-refractivity contribution in [2.45, 2.75) is 0 Å². The number of benzene rings is 2. The number of nitrogens with zero attached hydrogens (tertiary/aromatic N) is 3. The highest BCUT2D eigenvalue weighted by Crippen LogP contribution is 2.33. The van der Waals surface area contributed by atoms with E-state index in [9.17, 15) is 0 Å². The van der Waals surface area contributed by atoms with E-state index in [1.54, 1.807) is 25.4 Å². The minimum atomic E-state index is 0.391. The molecule has 5 rings (SSSR count). The minimum Gasteiger partial charge on any atom is -0.497 e. The van der Waals surface area contributed by atoms with Gasteiger partial charge in [0.2, 0.25) is 10.7 Å². The molecule has 0 unspecified atom stereocenters. The van der Waals surface area contributed by atoms with Gasteiger partial charge in [0.25, 0.3) is 0 Å². The van der Waals surface area contributed by atoms with Crippen molar-refractivity contribution in [1.82, 2.24) is 9.97 Å². The normalized spacial score (nSPS) is 11.9. The highest BCUT2D eigenvalue weighted by molar-refractivity contribution is 7.13. The van der Waals surface area contributed by atoms with Gasteiger partial charge in [0.1, 0.15) is 10.8 Å². The summed E-state index contributed by atoms with van der Waals surface area (Å²) >= 11 is 15.5. The molecule has 0 aliphatic rings. The second-order valence-electron chi connectivity index (χ2n) is 6.46. The second kappa shape index (κ2) is 8.43. The van der Waals surface area contributed by atoms with Crippen molar-refractivity contribution in [3.05, 3.63) is 75.0 Å². The molecular weight excluding hydrogens is 473 g/mol. The molecule has 154 valence electrons. The average molecular weight is 486 g/mol. The summed E-state index contributed by atoms with van der Waals surface area (Å²) in [5, 5.41) is 6.93. The lowest BCUT2D eigenvalue weighted by molar-refractivity contribution is 0.415. The highest BCUT2D eigenvalue weighted by Gasteiger charge is 2.14. The third-order valence-electron chi connectivity index (χ3n) is 4.50. The summed E-state index contributed by atoms with van der Waals surface area (Å²) in [6.45, 7) is 0. The van der Waals surface area contributed by atoms with E-state index in [4.69, 9.17) is 37.3 Å². The summed E-state index contributed by atoms with van der Waals surface area (Å²) < 4.78 is 11.3. The summed E-state index contributed by atoms with van der Waals surface area (Å²) in [4.78, 5) is 13.7. The van der Waals surface area contributed by atoms with Crippen LogP contribution in [-0.4, -0.2) is 17.1 Å². The van der Waals surface area contributed by atoms with Gasteiger partial charge in [0.05, 0.1) is 23.4 Å². The lowest BCUT2D eigenvalue weighted by Crippen LogP contribution is -2.05. The Morgan fingerprint density at radius 2 is 1.90 bits per heavy atom. The maximum Gasteiger partial charge on any atom is 0.232 e. The van der Waals surface area contributed by atoms with Crippen LogP contribution in [0.2, 0.25) is 10.0 Å². The van der Waals surface area contributed by atoms with Crippen LogP contribution in [0, 0.1) is 0 Å². The Hall–Kier alpha value is -2.71. The predicted molar refractivity (Wildman–Crippen MR) is 127 cm³/mol. The number of aromatic nitrogens is 2. The van der Waals surface area contributed by atoms with E-state index < -0.39 is 0 Å². The maximum absolute atomic E-state index is 6.37. The zero-order valence-electron chi connectivity index (χ0n) is 16.0. The Kier molecular flexibility index (Phi) is 5.50. The van der Waals surface area contributed by atoms with Gasteiger partial charge in [0.15, 0.2) is 5.58 Å². The molecule has 31 heavy (non-hydrogen) atoms. The minimum absolute atomic E-state index is 0.391. The van der Waals surface area contributed by atoms with Gasteiger partial charge < -0.3 is 9.15 Å². The van der Waals surface area contributed by atoms with Crippen molar-refractivity contribution in [2.24, 2.45) is 4.99 Å². The van der Waals surface area contributed by atoms with E-state index >= 15 is 0 Å². The monoisotopic (exact) mass is 485 g/mol. The number of ether oxygens (including phenoxy) is 1. The van der Waals surface area contributed by atoms with Gasteiger partial charge in [0, 0.05) is 32.9 Å². The lowest BCUT2D eigenvalue weighted by atomic mass is 10.1. The first kappa shape index (κ1) is 20.2. The Bertz CT molecular complexity index is 1440. The molecule has 3 heterocycles. The maximum atomic E-state index is 6.37. The predicted octanol–water partition coefficient (Wildman–Crippen LogP) is 7.23. The largest absolute Gasteiger partial charge is 0.497 e. The van der Waals surface area contributed by atoms with Crippen LogP contribution in [-0.2, 0) is 0 Å². The molecule has 0 fully saturated rings. The molecule has 0 aliphatic carbocycles. The zero-order valence-corrected chi connectivity index (χ0v) is 19.1. The van der Waals surface area contributed by atoms with Gasteiger partial charge in [-0.2, -0.15) is 4.99 Å². The first-order chi connectivity index (χ1) is 15.1. The van der Waals surface area contributed by atoms with Crippen LogP contribution in [0.4, 0.5) is 5.13 Å². The first-order valence-electron chi connectivity index (χ1n) is 9.08. The Morgan fingerprint density at radius 3 is 2.65 bits per heavy atom. The number of rotatable bonds is 4. The summed E-state index contributed by atoms with van der Waals surface area (Å²) in [5.74, 6) is 0.797. The quantitative estimate of drug-likeness (QED) is 0.269. The van der Waals surface area contributed by atoms with Crippen LogP contribution in [0.25, 0.3) is 32.8 Å². The SMILES string of the molecule is COc1ccc(-c2csc(-c3cc4cc(Cl)cc(Cl)c4o/c3=N\c3nccs3)n2)cc1. The Balaban J connectivity index is 1.69. The van der Waals surface area contributed by atoms with Gasteiger partial charge in [-0.3, -0.25) is 0 Å². The molecule has 0 aliphatic heterocycles. The van der Waals surface area contributed by atoms with E-state index in [0.717, 1.165) is 33.0 Å². The highest BCUT2D eigenvalue weighted by atomic mass is 35.5. The van der Waals surface area contributed by atoms with Gasteiger partial charge in [-0.25, -0.2) is 9.97 Å². The molecule has 0 spiro atoms. The van der Waals surface area contributed by atoms with E-state index in [2.05, 4.69) is 9.98 Å². The smallest absolute Gasteiger partial charge is 0.232 e. The molecule has 5 aromatic rings. The van der Waals surface area contributed by atoms with Crippen LogP contribution in [0.3, 0.4) is 0 Å². The second-order valence-corrected chi connectivity index (χ2v) is 9.04. The summed E-state index contributed by atoms with van der Waals surface area (Å²) in [6, 6.07) is 13.2. The summed E-state index contributed by atoms with van der Waals surface area (Å²) in [6.07, 6.45) is 1.70. The molecule has 0 amide bonds. The molecular formula is C22H13Cl2N3O2S2. The topological polar surface area (TPSA) is 60.5 Å². The van der Waals surface area contributed by atoms with E-state index in [1.165, 1.54) is 22.7 Å². The number of fused-ring (bicyclic) bond motifs is 1. The van der Waals surface area contributed by atoms with Gasteiger partial charge in [-0.05, 0) is 42.5 Å². The van der Waals surface area contributed by atoms with Crippen LogP contribution in [0.15, 0.2) is 68.8 Å². The van der Waals surface area contributed by atoms with Crippen molar-refractivity contribution in [2.75, 3.05) is 7.11 Å². The van der Waals surface area contributed by atoms with E-state index in [-0.39, 0.29) is 0 Å². The molecule has 0 saturated heterocycles. The van der Waals surface area contributed by atoms with Crippen molar-refractivity contribution >= 4 is 62.0 Å². The van der Waals surface area contributed by atoms with Crippen LogP contribution in [0.5, 0.6) is 5.75 Å². The molecule has 0 N–H and O–H groups in total. The van der Waals surface area contributed by atoms with E-state index in [0.29, 0.717) is 26.3 Å². The summed E-state index contributed by atoms with van der Waals surface area (Å²) in [7, 11) is 1.64. The third-order valence-corrected chi connectivity index (χ3v) is 6.54. The van der Waals surface area contributed by atoms with Crippen molar-refractivity contribution in [1.29, 1.82) is 0 Å². The molecule has 9 heteroatoms. The van der Waals surface area contributed by atoms with Gasteiger partial charge in [-0.15, -0.1) is 22.7 Å². The number of hydrogen-bond donors (Lipinski definition) is 0. The summed E-state index contributed by atoms with van der Waals surface area (Å²) in [5.41, 5.74) is 3.49. The molecule has 2 aromatic carbocycles. The fourth-order valence-electron chi connectivity index (χ4n) is 3.05. The first-order valence-corrected chi connectivity index (χ1v) is 11.6. The molecule has 5 nitrogen and oxygen atoms in total. The molecule has 0 saturated carbocycles. The molecule has 0 bridgehead atoms. The van der Waals surface area contributed by atoms with E-state index in [1.807, 2.05) is 41.1 Å². The molecule has 0 radical (unpaired) electrons. The Labute approximate surface area is 195 Å². The average Bonchev–Trinajstić information content (AvgIpc) is 3.46. The van der Waals surface area contributed by atoms with Crippen LogP contribution >= 0.6 is 45.9 Å². The van der Waals surface area contributed by atoms with Crippen molar-refractivity contribution < 1.29 is 9.15 Å². The fraction of sp³-hybridized carbons (Fsp3) is 0.0455. The molecule has 0 atom stereocenters.